The Morgan fingerprint density at radius 3 is 2.79 bits per heavy atom. The number of furan rings is 1. The zero-order valence-electron chi connectivity index (χ0n) is 10.6. The minimum Gasteiger partial charge on any atom is -0.454 e. The molecule has 0 bridgehead atoms. The topological polar surface area (TPSA) is 51.0 Å². The molecule has 96 valence electrons. The van der Waals surface area contributed by atoms with Crippen molar-refractivity contribution in [2.24, 2.45) is 0 Å². The van der Waals surface area contributed by atoms with E-state index in [4.69, 9.17) is 16.0 Å². The maximum Gasteiger partial charge on any atom is 0.154 e. The molecule has 3 rings (SSSR count). The molecular weight excluding hydrogens is 262 g/mol. The first-order chi connectivity index (χ1) is 9.15. The van der Waals surface area contributed by atoms with E-state index in [1.807, 2.05) is 38.2 Å². The van der Waals surface area contributed by atoms with Crippen molar-refractivity contribution in [1.29, 1.82) is 0 Å². The van der Waals surface area contributed by atoms with E-state index >= 15 is 0 Å². The van der Waals surface area contributed by atoms with Crippen molar-refractivity contribution in [2.45, 2.75) is 6.92 Å². The first kappa shape index (κ1) is 12.0. The van der Waals surface area contributed by atoms with Crippen molar-refractivity contribution in [3.63, 3.8) is 0 Å². The smallest absolute Gasteiger partial charge is 0.154 e. The van der Waals surface area contributed by atoms with Crippen LogP contribution in [0.15, 0.2) is 34.7 Å². The summed E-state index contributed by atoms with van der Waals surface area (Å²) in [6.45, 7) is 1.85. The van der Waals surface area contributed by atoms with Gasteiger partial charge in [0.15, 0.2) is 5.76 Å². The number of nitrogens with zero attached hydrogens (tertiary/aromatic N) is 2. The van der Waals surface area contributed by atoms with Gasteiger partial charge in [0.25, 0.3) is 0 Å². The van der Waals surface area contributed by atoms with Crippen LogP contribution in [0, 0.1) is 6.92 Å². The summed E-state index contributed by atoms with van der Waals surface area (Å²) < 4.78 is 5.79. The lowest BCUT2D eigenvalue weighted by Crippen LogP contribution is -1.97. The molecule has 4 nitrogen and oxygen atoms in total. The number of benzene rings is 1. The summed E-state index contributed by atoms with van der Waals surface area (Å²) in [4.78, 5) is 8.65. The van der Waals surface area contributed by atoms with Gasteiger partial charge in [0.1, 0.15) is 22.9 Å². The van der Waals surface area contributed by atoms with Crippen LogP contribution in [0.25, 0.3) is 22.4 Å². The van der Waals surface area contributed by atoms with Crippen LogP contribution in [0.1, 0.15) is 5.82 Å². The molecule has 0 saturated heterocycles. The fourth-order valence-corrected chi connectivity index (χ4v) is 2.14. The van der Waals surface area contributed by atoms with E-state index in [9.17, 15) is 0 Å². The van der Waals surface area contributed by atoms with Gasteiger partial charge in [0.2, 0.25) is 0 Å². The third-order valence-electron chi connectivity index (χ3n) is 2.82. The van der Waals surface area contributed by atoms with Crippen LogP contribution in [-0.4, -0.2) is 17.0 Å². The summed E-state index contributed by atoms with van der Waals surface area (Å²) in [5.41, 5.74) is 1.55. The van der Waals surface area contributed by atoms with Gasteiger partial charge in [-0.15, -0.1) is 0 Å². The Bertz CT molecular complexity index is 752. The summed E-state index contributed by atoms with van der Waals surface area (Å²) in [5.74, 6) is 2.17. The van der Waals surface area contributed by atoms with Crippen molar-refractivity contribution in [2.75, 3.05) is 12.4 Å². The molecule has 0 spiro atoms. The zero-order chi connectivity index (χ0) is 13.4. The lowest BCUT2D eigenvalue weighted by atomic mass is 10.2. The van der Waals surface area contributed by atoms with Gasteiger partial charge in [0.05, 0.1) is 0 Å². The SMILES string of the molecule is CNc1cc(-c2cc3cc(Cl)ccc3o2)nc(C)n1. The standard InChI is InChI=1S/C14H12ClN3O/c1-8-17-11(7-14(16-2)18-8)13-6-9-5-10(15)3-4-12(9)19-13/h3-7H,1-2H3,(H,16,17,18). The highest BCUT2D eigenvalue weighted by Crippen LogP contribution is 2.29. The number of fused-ring (bicyclic) bond motifs is 1. The molecule has 19 heavy (non-hydrogen) atoms. The minimum absolute atomic E-state index is 0.689. The van der Waals surface area contributed by atoms with Crippen LogP contribution in [0.3, 0.4) is 0 Å². The highest BCUT2D eigenvalue weighted by atomic mass is 35.5. The van der Waals surface area contributed by atoms with Gasteiger partial charge in [-0.05, 0) is 31.2 Å². The molecule has 2 heterocycles. The average Bonchev–Trinajstić information content (AvgIpc) is 2.80. The number of anilines is 1. The second-order valence-corrected chi connectivity index (χ2v) is 4.66. The largest absolute Gasteiger partial charge is 0.454 e. The van der Waals surface area contributed by atoms with Crippen LogP contribution in [0.5, 0.6) is 0 Å². The summed E-state index contributed by atoms with van der Waals surface area (Å²) in [5, 5.41) is 4.66. The van der Waals surface area contributed by atoms with E-state index in [1.165, 1.54) is 0 Å². The van der Waals surface area contributed by atoms with E-state index in [0.717, 1.165) is 22.5 Å². The van der Waals surface area contributed by atoms with Gasteiger partial charge in [-0.3, -0.25) is 0 Å². The molecule has 0 unspecified atom stereocenters. The first-order valence-corrected chi connectivity index (χ1v) is 6.26. The molecule has 1 aromatic carbocycles. The van der Waals surface area contributed by atoms with E-state index in [1.54, 1.807) is 6.07 Å². The number of hydrogen-bond acceptors (Lipinski definition) is 4. The van der Waals surface area contributed by atoms with Crippen LogP contribution in [-0.2, 0) is 0 Å². The van der Waals surface area contributed by atoms with Crippen molar-refractivity contribution >= 4 is 28.4 Å². The molecule has 5 heteroatoms. The van der Waals surface area contributed by atoms with Crippen LogP contribution in [0.4, 0.5) is 5.82 Å². The van der Waals surface area contributed by atoms with E-state index in [2.05, 4.69) is 15.3 Å². The Morgan fingerprint density at radius 1 is 1.16 bits per heavy atom. The summed E-state index contributed by atoms with van der Waals surface area (Å²) >= 11 is 5.97. The number of rotatable bonds is 2. The predicted molar refractivity (Wildman–Crippen MR) is 76.5 cm³/mol. The Hall–Kier alpha value is -2.07. The van der Waals surface area contributed by atoms with Gasteiger partial charge < -0.3 is 9.73 Å². The highest BCUT2D eigenvalue weighted by molar-refractivity contribution is 6.31. The van der Waals surface area contributed by atoms with E-state index in [0.29, 0.717) is 16.6 Å². The minimum atomic E-state index is 0.689. The Balaban J connectivity index is 2.15. The highest BCUT2D eigenvalue weighted by Gasteiger charge is 2.10. The fraction of sp³-hybridized carbons (Fsp3) is 0.143. The Labute approximate surface area is 115 Å². The maximum atomic E-state index is 5.97. The molecule has 0 aliphatic rings. The number of hydrogen-bond donors (Lipinski definition) is 1. The Kier molecular flexibility index (Phi) is 2.87. The first-order valence-electron chi connectivity index (χ1n) is 5.88. The lowest BCUT2D eigenvalue weighted by molar-refractivity contribution is 0.628. The Morgan fingerprint density at radius 2 is 2.00 bits per heavy atom. The van der Waals surface area contributed by atoms with E-state index in [-0.39, 0.29) is 0 Å². The van der Waals surface area contributed by atoms with Crippen LogP contribution >= 0.6 is 11.6 Å². The molecule has 0 saturated carbocycles. The number of halogens is 1. The molecule has 2 aromatic heterocycles. The lowest BCUT2D eigenvalue weighted by Gasteiger charge is -2.02. The second kappa shape index (κ2) is 4.55. The van der Waals surface area contributed by atoms with Crippen molar-refractivity contribution in [3.05, 3.63) is 41.2 Å². The van der Waals surface area contributed by atoms with Gasteiger partial charge in [-0.2, -0.15) is 0 Å². The van der Waals surface area contributed by atoms with Gasteiger partial charge >= 0.3 is 0 Å². The third-order valence-corrected chi connectivity index (χ3v) is 3.06. The van der Waals surface area contributed by atoms with Crippen molar-refractivity contribution in [3.8, 4) is 11.5 Å². The van der Waals surface area contributed by atoms with Crippen LogP contribution in [0.2, 0.25) is 5.02 Å². The molecule has 1 N–H and O–H groups in total. The molecule has 0 aliphatic heterocycles. The number of aryl methyl sites for hydroxylation is 1. The van der Waals surface area contributed by atoms with Gasteiger partial charge in [-0.1, -0.05) is 11.6 Å². The monoisotopic (exact) mass is 273 g/mol. The fourth-order valence-electron chi connectivity index (χ4n) is 1.96. The molecule has 0 atom stereocenters. The molecule has 0 radical (unpaired) electrons. The summed E-state index contributed by atoms with van der Waals surface area (Å²) in [6, 6.07) is 9.32. The third kappa shape index (κ3) is 2.27. The van der Waals surface area contributed by atoms with Crippen LogP contribution < -0.4 is 5.32 Å². The molecule has 0 amide bonds. The molecule has 3 aromatic rings. The molecule has 0 fully saturated rings. The van der Waals surface area contributed by atoms with Gasteiger partial charge in [-0.25, -0.2) is 9.97 Å². The second-order valence-electron chi connectivity index (χ2n) is 4.23. The maximum absolute atomic E-state index is 5.97. The summed E-state index contributed by atoms with van der Waals surface area (Å²) in [6.07, 6.45) is 0. The van der Waals surface area contributed by atoms with Gasteiger partial charge in [0, 0.05) is 23.5 Å². The average molecular weight is 274 g/mol. The number of nitrogens with one attached hydrogen (secondary N) is 1. The van der Waals surface area contributed by atoms with Crippen molar-refractivity contribution in [1.82, 2.24) is 9.97 Å². The summed E-state index contributed by atoms with van der Waals surface area (Å²) in [7, 11) is 1.82. The quantitative estimate of drug-likeness (QED) is 0.769. The number of aromatic nitrogens is 2. The van der Waals surface area contributed by atoms with E-state index < -0.39 is 0 Å². The molecular formula is C14H12ClN3O. The normalized spacial score (nSPS) is 10.9. The molecule has 0 aliphatic carbocycles. The predicted octanol–water partition coefficient (Wildman–Crippen LogP) is 3.89. The van der Waals surface area contributed by atoms with Crippen molar-refractivity contribution < 1.29 is 4.42 Å². The zero-order valence-corrected chi connectivity index (χ0v) is 11.3.